The zero-order valence-corrected chi connectivity index (χ0v) is 21.4. The van der Waals surface area contributed by atoms with E-state index in [-0.39, 0.29) is 29.0 Å². The maximum Gasteiger partial charge on any atom is 0.248 e. The van der Waals surface area contributed by atoms with Crippen LogP contribution in [0.4, 0.5) is 0 Å². The molecule has 3 heterocycles. The predicted molar refractivity (Wildman–Crippen MR) is 133 cm³/mol. The van der Waals surface area contributed by atoms with Crippen molar-refractivity contribution in [1.29, 1.82) is 0 Å². The molecule has 34 heavy (non-hydrogen) atoms. The summed E-state index contributed by atoms with van der Waals surface area (Å²) in [6.07, 6.45) is 6.95. The number of rotatable bonds is 5. The number of amides is 1. The van der Waals surface area contributed by atoms with E-state index in [2.05, 4.69) is 12.1 Å². The molecule has 2 fully saturated rings. The average molecular weight is 486 g/mol. The first-order valence-corrected chi connectivity index (χ1v) is 13.6. The van der Waals surface area contributed by atoms with E-state index in [0.29, 0.717) is 24.6 Å². The van der Waals surface area contributed by atoms with Crippen molar-refractivity contribution in [2.24, 2.45) is 11.8 Å². The molecule has 0 spiro atoms. The van der Waals surface area contributed by atoms with Crippen LogP contribution < -0.4 is 0 Å². The van der Waals surface area contributed by atoms with Crippen molar-refractivity contribution >= 4 is 28.1 Å². The van der Waals surface area contributed by atoms with Gasteiger partial charge in [0, 0.05) is 26.2 Å². The van der Waals surface area contributed by atoms with Crippen molar-refractivity contribution in [2.45, 2.75) is 58.3 Å². The predicted octanol–water partition coefficient (Wildman–Crippen LogP) is 4.43. The molecule has 0 bridgehead atoms. The SMILES string of the molecule is Cc1ccc(C)c(/C=C/c2onc(C)c2S(=O)(=O)N2CCC[C@H](C(=O)N3CCC(C)CC3)C2)c1. The maximum absolute atomic E-state index is 13.7. The fourth-order valence-corrected chi connectivity index (χ4v) is 6.66. The lowest BCUT2D eigenvalue weighted by molar-refractivity contribution is -0.138. The van der Waals surface area contributed by atoms with Gasteiger partial charge in [-0.1, -0.05) is 41.9 Å². The van der Waals surface area contributed by atoms with E-state index in [4.69, 9.17) is 4.52 Å². The van der Waals surface area contributed by atoms with Gasteiger partial charge in [0.25, 0.3) is 0 Å². The minimum Gasteiger partial charge on any atom is -0.355 e. The molecule has 2 saturated heterocycles. The topological polar surface area (TPSA) is 83.7 Å². The van der Waals surface area contributed by atoms with Crippen LogP contribution in [0.2, 0.25) is 0 Å². The van der Waals surface area contributed by atoms with Crippen molar-refractivity contribution in [2.75, 3.05) is 26.2 Å². The van der Waals surface area contributed by atoms with Crippen molar-refractivity contribution in [3.63, 3.8) is 0 Å². The summed E-state index contributed by atoms with van der Waals surface area (Å²) in [5.74, 6) is 0.644. The lowest BCUT2D eigenvalue weighted by atomic mass is 9.94. The molecule has 0 unspecified atom stereocenters. The molecule has 1 aromatic heterocycles. The van der Waals surface area contributed by atoms with Crippen LogP contribution in [0.25, 0.3) is 12.2 Å². The largest absolute Gasteiger partial charge is 0.355 e. The van der Waals surface area contributed by atoms with Gasteiger partial charge in [0.05, 0.1) is 5.92 Å². The molecule has 1 atom stereocenters. The molecular formula is C26H35N3O4S. The van der Waals surface area contributed by atoms with Crippen molar-refractivity contribution < 1.29 is 17.7 Å². The molecule has 1 aromatic carbocycles. The van der Waals surface area contributed by atoms with Gasteiger partial charge in [-0.05, 0) is 69.6 Å². The molecule has 0 saturated carbocycles. The van der Waals surface area contributed by atoms with E-state index in [9.17, 15) is 13.2 Å². The van der Waals surface area contributed by atoms with Gasteiger partial charge in [0.15, 0.2) is 10.7 Å². The number of aryl methyl sites for hydroxylation is 3. The lowest BCUT2D eigenvalue weighted by Gasteiger charge is -2.36. The number of sulfonamides is 1. The van der Waals surface area contributed by atoms with Gasteiger partial charge in [0.2, 0.25) is 15.9 Å². The molecule has 7 nitrogen and oxygen atoms in total. The Morgan fingerprint density at radius 3 is 2.56 bits per heavy atom. The van der Waals surface area contributed by atoms with Crippen LogP contribution in [0.15, 0.2) is 27.6 Å². The second kappa shape index (κ2) is 10.0. The summed E-state index contributed by atoms with van der Waals surface area (Å²) in [7, 11) is -3.85. The highest BCUT2D eigenvalue weighted by Crippen LogP contribution is 2.30. The molecule has 0 aliphatic carbocycles. The number of benzene rings is 1. The number of carbonyl (C=O) groups excluding carboxylic acids is 1. The summed E-state index contributed by atoms with van der Waals surface area (Å²) >= 11 is 0. The normalized spacial score (nSPS) is 20.8. The van der Waals surface area contributed by atoms with E-state index < -0.39 is 10.0 Å². The number of hydrogen-bond acceptors (Lipinski definition) is 5. The van der Waals surface area contributed by atoms with Gasteiger partial charge in [-0.25, -0.2) is 8.42 Å². The van der Waals surface area contributed by atoms with Crippen LogP contribution in [-0.2, 0) is 14.8 Å². The summed E-state index contributed by atoms with van der Waals surface area (Å²) in [6, 6.07) is 6.12. The molecular weight excluding hydrogens is 450 g/mol. The first-order valence-electron chi connectivity index (χ1n) is 12.2. The molecule has 2 aliphatic heterocycles. The summed E-state index contributed by atoms with van der Waals surface area (Å²) in [5.41, 5.74) is 3.54. The summed E-state index contributed by atoms with van der Waals surface area (Å²) in [4.78, 5) is 15.1. The fourth-order valence-electron chi connectivity index (χ4n) is 4.88. The standard InChI is InChI=1S/C26H35N3O4S/c1-18-11-14-28(15-12-18)26(30)23-6-5-13-29(17-23)34(31,32)25-21(4)27-33-24(25)10-9-22-16-19(2)7-8-20(22)3/h7-10,16,18,23H,5-6,11-15,17H2,1-4H3/b10-9+/t23-/m0/s1. The second-order valence-corrected chi connectivity index (χ2v) is 11.7. The van der Waals surface area contributed by atoms with Gasteiger partial charge >= 0.3 is 0 Å². The third kappa shape index (κ3) is 5.13. The van der Waals surface area contributed by atoms with Crippen LogP contribution >= 0.6 is 0 Å². The second-order valence-electron chi connectivity index (χ2n) is 9.86. The highest BCUT2D eigenvalue weighted by Gasteiger charge is 2.38. The Labute approximate surface area is 202 Å². The first kappa shape index (κ1) is 24.7. The Morgan fingerprint density at radius 2 is 1.82 bits per heavy atom. The third-order valence-corrected chi connectivity index (χ3v) is 9.13. The minimum absolute atomic E-state index is 0.0869. The smallest absolute Gasteiger partial charge is 0.248 e. The number of hydrogen-bond donors (Lipinski definition) is 0. The Balaban J connectivity index is 1.55. The van der Waals surface area contributed by atoms with E-state index >= 15 is 0 Å². The van der Waals surface area contributed by atoms with Crippen LogP contribution in [0.1, 0.15) is 60.8 Å². The highest BCUT2D eigenvalue weighted by atomic mass is 32.2. The molecule has 2 aliphatic rings. The van der Waals surface area contributed by atoms with Crippen molar-refractivity contribution in [3.8, 4) is 0 Å². The van der Waals surface area contributed by atoms with Gasteiger partial charge < -0.3 is 9.42 Å². The number of likely N-dealkylation sites (tertiary alicyclic amines) is 1. The Bertz CT molecular complexity index is 1180. The van der Waals surface area contributed by atoms with Gasteiger partial charge in [-0.15, -0.1) is 0 Å². The first-order chi connectivity index (χ1) is 16.2. The molecule has 8 heteroatoms. The van der Waals surface area contributed by atoms with Crippen LogP contribution in [0.3, 0.4) is 0 Å². The maximum atomic E-state index is 13.7. The number of piperidine rings is 2. The molecule has 184 valence electrons. The zero-order valence-electron chi connectivity index (χ0n) is 20.6. The Morgan fingerprint density at radius 1 is 1.09 bits per heavy atom. The summed E-state index contributed by atoms with van der Waals surface area (Å²) in [6.45, 7) is 10.0. The molecule has 0 radical (unpaired) electrons. The minimum atomic E-state index is -3.85. The van der Waals surface area contributed by atoms with Gasteiger partial charge in [0.1, 0.15) is 5.69 Å². The number of aromatic nitrogens is 1. The van der Waals surface area contributed by atoms with E-state index in [0.717, 1.165) is 49.0 Å². The van der Waals surface area contributed by atoms with Crippen molar-refractivity contribution in [3.05, 3.63) is 46.3 Å². The van der Waals surface area contributed by atoms with E-state index in [1.807, 2.05) is 43.0 Å². The Kier molecular flexibility index (Phi) is 7.28. The Hall–Kier alpha value is -2.45. The van der Waals surface area contributed by atoms with Crippen molar-refractivity contribution in [1.82, 2.24) is 14.4 Å². The number of carbonyl (C=O) groups is 1. The highest BCUT2D eigenvalue weighted by molar-refractivity contribution is 7.89. The van der Waals surface area contributed by atoms with Gasteiger partial charge in [-0.3, -0.25) is 4.79 Å². The summed E-state index contributed by atoms with van der Waals surface area (Å²) < 4.78 is 34.2. The quantitative estimate of drug-likeness (QED) is 0.626. The van der Waals surface area contributed by atoms with Crippen LogP contribution in [-0.4, -0.2) is 54.9 Å². The summed E-state index contributed by atoms with van der Waals surface area (Å²) in [5, 5.41) is 3.96. The molecule has 0 N–H and O–H groups in total. The fraction of sp³-hybridized carbons (Fsp3) is 0.538. The third-order valence-electron chi connectivity index (χ3n) is 7.11. The van der Waals surface area contributed by atoms with Crippen LogP contribution in [0.5, 0.6) is 0 Å². The monoisotopic (exact) mass is 485 g/mol. The molecule has 2 aromatic rings. The van der Waals surface area contributed by atoms with Crippen LogP contribution in [0, 0.1) is 32.6 Å². The van der Waals surface area contributed by atoms with Gasteiger partial charge in [-0.2, -0.15) is 4.31 Å². The van der Waals surface area contributed by atoms with E-state index in [1.165, 1.54) is 4.31 Å². The number of nitrogens with zero attached hydrogens (tertiary/aromatic N) is 3. The van der Waals surface area contributed by atoms with E-state index in [1.54, 1.807) is 13.0 Å². The average Bonchev–Trinajstić information content (AvgIpc) is 3.21. The molecule has 1 amide bonds. The zero-order chi connectivity index (χ0) is 24.5. The molecule has 4 rings (SSSR count). The lowest BCUT2D eigenvalue weighted by Crippen LogP contribution is -2.48.